The molecule has 18 rings (SSSR count). The van der Waals surface area contributed by atoms with Gasteiger partial charge in [-0.1, -0.05) is 54.0 Å². The lowest BCUT2D eigenvalue weighted by Gasteiger charge is -2.27. The van der Waals surface area contributed by atoms with Crippen molar-refractivity contribution in [1.29, 1.82) is 0 Å². The number of H-pyrrole nitrogens is 3. The van der Waals surface area contributed by atoms with Gasteiger partial charge in [0, 0.05) is 80.9 Å². The fourth-order valence-corrected chi connectivity index (χ4v) is 17.7. The number of nitro groups is 1. The number of aromatic nitrogens is 12. The summed E-state index contributed by atoms with van der Waals surface area (Å²) < 4.78 is 128. The van der Waals surface area contributed by atoms with Gasteiger partial charge in [0.25, 0.3) is 40.5 Å². The molecule has 0 radical (unpaired) electrons. The Labute approximate surface area is 709 Å². The van der Waals surface area contributed by atoms with Gasteiger partial charge in [-0.3, -0.25) is 49.0 Å². The van der Waals surface area contributed by atoms with E-state index in [0.717, 1.165) is 64.8 Å². The Balaban J connectivity index is 0.000000130. The number of imide groups is 2. The number of non-ortho nitro benzene ring substituents is 1. The molecule has 7 N–H and O–H groups in total. The third kappa shape index (κ3) is 15.2. The first-order valence-corrected chi connectivity index (χ1v) is 39.5. The second kappa shape index (κ2) is 32.5. The molecule has 12 heterocycles. The Morgan fingerprint density at radius 2 is 1.02 bits per heavy atom. The zero-order valence-corrected chi connectivity index (χ0v) is 67.2. The van der Waals surface area contributed by atoms with Crippen molar-refractivity contribution >= 4 is 181 Å². The number of para-hydroxylation sites is 1. The molecule has 2 aliphatic rings. The maximum Gasteiger partial charge on any atom is 0.416 e. The van der Waals surface area contributed by atoms with Gasteiger partial charge in [-0.25, -0.2) is 42.9 Å². The van der Waals surface area contributed by atoms with Gasteiger partial charge in [0.1, 0.15) is 5.69 Å². The minimum Gasteiger partial charge on any atom is -0.477 e. The highest BCUT2D eigenvalue weighted by Gasteiger charge is 2.43. The number of aromatic carboxylic acids is 3. The number of carbonyl (C=O) groups is 8. The Hall–Kier alpha value is -15.3. The maximum atomic E-state index is 13.5. The smallest absolute Gasteiger partial charge is 0.416 e. The van der Waals surface area contributed by atoms with E-state index in [1.165, 1.54) is 102 Å². The quantitative estimate of drug-likeness (QED) is 0.0230. The number of anilines is 3. The number of aromatic amines is 3. The molecule has 33 nitrogen and oxygen atoms in total. The molecule has 642 valence electrons. The molecule has 10 aromatic heterocycles. The van der Waals surface area contributed by atoms with Crippen molar-refractivity contribution in [2.24, 2.45) is 14.1 Å². The molecule has 16 aromatic rings. The summed E-state index contributed by atoms with van der Waals surface area (Å²) in [7, 11) is 2.89. The third-order valence-electron chi connectivity index (χ3n) is 20.4. The average molecular weight is 1810 g/mol. The minimum atomic E-state index is -4.73. The van der Waals surface area contributed by atoms with Gasteiger partial charge < -0.3 is 43.6 Å². The number of aryl methyl sites for hydroxylation is 3. The molecule has 2 aliphatic heterocycles. The highest BCUT2D eigenvalue weighted by molar-refractivity contribution is 7.16. The molecule has 0 aliphatic carbocycles. The number of tetrazole rings is 1. The van der Waals surface area contributed by atoms with Crippen LogP contribution in [0.5, 0.6) is 0 Å². The zero-order valence-electron chi connectivity index (χ0n) is 64.0. The number of amides is 5. The van der Waals surface area contributed by atoms with Gasteiger partial charge in [-0.15, -0.1) is 27.8 Å². The summed E-state index contributed by atoms with van der Waals surface area (Å²) in [6, 6.07) is 28.1. The van der Waals surface area contributed by atoms with Crippen LogP contribution in [0.2, 0.25) is 4.34 Å². The number of halogens is 10. The molecule has 126 heavy (non-hydrogen) atoms. The van der Waals surface area contributed by atoms with Crippen LogP contribution in [-0.4, -0.2) is 126 Å². The summed E-state index contributed by atoms with van der Waals surface area (Å²) in [6.45, 7) is 1.94. The number of hydrogen-bond donors (Lipinski definition) is 7. The van der Waals surface area contributed by atoms with Crippen molar-refractivity contribution in [2.75, 3.05) is 15.1 Å². The monoisotopic (exact) mass is 1810 g/mol. The largest absolute Gasteiger partial charge is 0.477 e. The SMILES string of the molecule is CCCn1c(C(=O)O)c(N2C(=O)Cc3cscc3C2=O)c2cc(C(F)(F)F)ccc21.Cn1c(C(=O)Nc2nn[nH]n2)c(-n2c(=O)[nH]c3ccccc3c2=O)c2cc(C(F)(F)F)ccc21.Cn1c(C(=O)O)c(N2C(=O)Cc3ccccc3C2=O)c2cc([N+](=O)[O-])ccc21.O=C(O)c1c(-n2c(=O)[nH]c3cscc3c2=O)c2cc(C(F)(F)F)ccc2n1Cc1ccc(Cl)s1. The van der Waals surface area contributed by atoms with Crippen molar-refractivity contribution < 1.29 is 98.1 Å². The van der Waals surface area contributed by atoms with Crippen molar-refractivity contribution in [3.8, 4) is 11.4 Å². The van der Waals surface area contributed by atoms with Crippen molar-refractivity contribution in [3.63, 3.8) is 0 Å². The number of nitrogens with one attached hydrogen (secondary N) is 4. The van der Waals surface area contributed by atoms with E-state index >= 15 is 0 Å². The lowest BCUT2D eigenvalue weighted by atomic mass is 9.97. The molecule has 0 saturated heterocycles. The predicted octanol–water partition coefficient (Wildman–Crippen LogP) is 14.2. The number of carbonyl (C=O) groups excluding carboxylic acids is 5. The number of carboxylic acid groups (broad SMARTS) is 3. The average Bonchev–Trinajstić information content (AvgIpc) is 1.58. The van der Waals surface area contributed by atoms with E-state index in [-0.39, 0.29) is 137 Å². The topological polar surface area (TPSA) is 443 Å². The van der Waals surface area contributed by atoms with Gasteiger partial charge in [-0.2, -0.15) is 56.1 Å². The molecule has 0 spiro atoms. The predicted molar refractivity (Wildman–Crippen MR) is 440 cm³/mol. The lowest BCUT2D eigenvalue weighted by Crippen LogP contribution is -2.43. The number of thiophene rings is 3. The Kier molecular flexibility index (Phi) is 22.1. The van der Waals surface area contributed by atoms with Crippen molar-refractivity contribution in [2.45, 2.75) is 57.8 Å². The van der Waals surface area contributed by atoms with Crippen LogP contribution in [0.1, 0.15) is 109 Å². The van der Waals surface area contributed by atoms with Crippen LogP contribution in [-0.2, 0) is 68.1 Å². The van der Waals surface area contributed by atoms with Crippen LogP contribution < -0.4 is 37.6 Å². The number of alkyl halides is 9. The molecule has 6 aromatic carbocycles. The number of rotatable bonds is 14. The molecule has 0 unspecified atom stereocenters. The molecule has 0 fully saturated rings. The van der Waals surface area contributed by atoms with Crippen LogP contribution in [0, 0.1) is 10.1 Å². The van der Waals surface area contributed by atoms with E-state index in [4.69, 9.17) is 11.6 Å². The van der Waals surface area contributed by atoms with Gasteiger partial charge in [0.15, 0.2) is 17.1 Å². The second-order valence-electron chi connectivity index (χ2n) is 27.9. The number of hydrogen-bond acceptors (Lipinski definition) is 20. The molecule has 46 heteroatoms. The van der Waals surface area contributed by atoms with Crippen LogP contribution in [0.15, 0.2) is 174 Å². The summed E-state index contributed by atoms with van der Waals surface area (Å²) in [5.41, 5.74) is -6.54. The highest BCUT2D eigenvalue weighted by atomic mass is 35.5. The molecular weight excluding hydrogens is 1760 g/mol. The van der Waals surface area contributed by atoms with Crippen LogP contribution >= 0.6 is 45.6 Å². The number of nitrogens with zero attached hydrogens (tertiary/aromatic N) is 12. The van der Waals surface area contributed by atoms with E-state index in [0.29, 0.717) is 51.9 Å². The number of fused-ring (bicyclic) bond motifs is 8. The van der Waals surface area contributed by atoms with Crippen LogP contribution in [0.3, 0.4) is 0 Å². The normalized spacial score (nSPS) is 13.0. The third-order valence-corrected chi connectivity index (χ3v) is 23.2. The standard InChI is InChI=1S/C21H11ClF3N3O4S2.C20H13F3N8O3.C20H15F3N2O4S.C19H13N3O6/c22-15-4-2-10(34-15)6-27-14-3-1-9(21(23,24)25)5-11(14)16(17(27)19(30)31)28-18(29)12-7-33-8-13(12)26-20(28)32;1-30-13-7-6-9(20(21,22)23)8-11(13)14(15(30)16(32)25-18-26-28-29-27-18)31-17(33)10-4-2-3-5-12(10)24-19(31)34;1-2-5-24-14-4-3-11(20(21,22)23)7-12(14)16(17(24)19(28)29)25-15(26)6-10-8-30-9-13(10)18(25)27;1-20-14-7-6-11(22(27)28)9-13(14)16(17(20)19(25)26)21-15(23)8-10-4-2-3-5-12(10)18(21)24/h1-5,7-8H,6H2,(H,26,32)(H,30,31);2-8H,1H3,(H,24,34)(H2,25,26,27,28,29,32);3-4,7-9H,2,5-6H2,1H3,(H,28,29);2-7,9H,8H2,1H3,(H,25,26). The van der Waals surface area contributed by atoms with Gasteiger partial charge >= 0.3 is 47.8 Å². The van der Waals surface area contributed by atoms with E-state index < -0.39 is 121 Å². The van der Waals surface area contributed by atoms with Crippen LogP contribution in [0.25, 0.3) is 76.8 Å². The first-order valence-electron chi connectivity index (χ1n) is 36.4. The van der Waals surface area contributed by atoms with Crippen molar-refractivity contribution in [3.05, 3.63) is 278 Å². The summed E-state index contributed by atoms with van der Waals surface area (Å²) >= 11 is 9.52. The Bertz CT molecular complexity index is 7610. The first-order chi connectivity index (χ1) is 59.7. The van der Waals surface area contributed by atoms with Crippen molar-refractivity contribution in [1.82, 2.24) is 58.0 Å². The number of benzene rings is 6. The highest BCUT2D eigenvalue weighted by Crippen LogP contribution is 2.45. The van der Waals surface area contributed by atoms with E-state index in [1.807, 2.05) is 0 Å². The molecular formula is C80H52ClF9N16O17S3. The van der Waals surface area contributed by atoms with E-state index in [2.05, 4.69) is 35.9 Å². The Morgan fingerprint density at radius 3 is 1.60 bits per heavy atom. The molecule has 5 amide bonds. The first kappa shape index (κ1) is 85.7. The second-order valence-corrected chi connectivity index (χ2v) is 31.2. The number of nitro benzene ring substituents is 1. The van der Waals surface area contributed by atoms with E-state index in [1.54, 1.807) is 66.2 Å². The van der Waals surface area contributed by atoms with Crippen LogP contribution in [0.4, 0.5) is 62.5 Å². The maximum absolute atomic E-state index is 13.5. The lowest BCUT2D eigenvalue weighted by molar-refractivity contribution is -0.384. The Morgan fingerprint density at radius 1 is 0.532 bits per heavy atom. The van der Waals surface area contributed by atoms with E-state index in [9.17, 15) is 122 Å². The fourth-order valence-electron chi connectivity index (χ4n) is 15.0. The fraction of sp³-hybridized carbons (Fsp3) is 0.138. The summed E-state index contributed by atoms with van der Waals surface area (Å²) in [6.07, 6.45) is -13.8. The zero-order chi connectivity index (χ0) is 90.5. The summed E-state index contributed by atoms with van der Waals surface area (Å²) in [5, 5.41) is 62.1. The number of carboxylic acids is 3. The molecule has 0 saturated carbocycles. The summed E-state index contributed by atoms with van der Waals surface area (Å²) in [5.74, 6) is -8.05. The van der Waals surface area contributed by atoms with Gasteiger partial charge in [0.05, 0.1) is 118 Å². The minimum absolute atomic E-state index is 0.0474. The van der Waals surface area contributed by atoms with Gasteiger partial charge in [0.2, 0.25) is 11.8 Å². The molecule has 0 atom stereocenters. The summed E-state index contributed by atoms with van der Waals surface area (Å²) in [4.78, 5) is 171. The van der Waals surface area contributed by atoms with Gasteiger partial charge in [-0.05, 0) is 119 Å². The molecule has 0 bridgehead atoms.